The molecule has 1 rings (SSSR count). The maximum atomic E-state index is 11.7. The fourth-order valence-electron chi connectivity index (χ4n) is 1.91. The van der Waals surface area contributed by atoms with Gasteiger partial charge in [0.2, 0.25) is 5.91 Å². The standard InChI is InChI=1S/C10H18N2O4/c1-10(2)9(15)11-4-5-12(10)7(6-16-3)8(13)14/h7H,4-6H2,1-3H3,(H,11,15)(H,13,14). The quantitative estimate of drug-likeness (QED) is 0.667. The summed E-state index contributed by atoms with van der Waals surface area (Å²) in [7, 11) is 1.45. The van der Waals surface area contributed by atoms with Crippen LogP contribution in [0.25, 0.3) is 0 Å². The van der Waals surface area contributed by atoms with Gasteiger partial charge < -0.3 is 15.2 Å². The molecule has 2 N–H and O–H groups in total. The van der Waals surface area contributed by atoms with E-state index in [1.807, 2.05) is 0 Å². The molecular formula is C10H18N2O4. The van der Waals surface area contributed by atoms with Crippen molar-refractivity contribution < 1.29 is 19.4 Å². The van der Waals surface area contributed by atoms with E-state index in [0.29, 0.717) is 13.1 Å². The van der Waals surface area contributed by atoms with Gasteiger partial charge in [0.1, 0.15) is 6.04 Å². The molecule has 0 bridgehead atoms. The van der Waals surface area contributed by atoms with Gasteiger partial charge in [0, 0.05) is 20.2 Å². The zero-order valence-corrected chi connectivity index (χ0v) is 9.82. The summed E-state index contributed by atoms with van der Waals surface area (Å²) in [5, 5.41) is 11.8. The van der Waals surface area contributed by atoms with E-state index in [1.54, 1.807) is 18.7 Å². The Hall–Kier alpha value is -1.14. The van der Waals surface area contributed by atoms with Crippen LogP contribution in [0.3, 0.4) is 0 Å². The summed E-state index contributed by atoms with van der Waals surface area (Å²) in [6.07, 6.45) is 0. The Balaban J connectivity index is 2.90. The molecule has 1 atom stereocenters. The highest BCUT2D eigenvalue weighted by atomic mass is 16.5. The predicted molar refractivity (Wildman–Crippen MR) is 57.1 cm³/mol. The number of ether oxygens (including phenoxy) is 1. The molecular weight excluding hydrogens is 212 g/mol. The van der Waals surface area contributed by atoms with E-state index >= 15 is 0 Å². The van der Waals surface area contributed by atoms with Gasteiger partial charge in [-0.15, -0.1) is 0 Å². The summed E-state index contributed by atoms with van der Waals surface area (Å²) in [4.78, 5) is 24.5. The van der Waals surface area contributed by atoms with Gasteiger partial charge in [-0.1, -0.05) is 0 Å². The number of piperazine rings is 1. The largest absolute Gasteiger partial charge is 0.480 e. The number of aliphatic carboxylic acids is 1. The summed E-state index contributed by atoms with van der Waals surface area (Å²) in [5.74, 6) is -1.12. The molecule has 0 aromatic heterocycles. The first-order valence-corrected chi connectivity index (χ1v) is 5.18. The Labute approximate surface area is 94.6 Å². The van der Waals surface area contributed by atoms with E-state index in [1.165, 1.54) is 7.11 Å². The van der Waals surface area contributed by atoms with Gasteiger partial charge >= 0.3 is 5.97 Å². The summed E-state index contributed by atoms with van der Waals surface area (Å²) in [5.41, 5.74) is -0.820. The molecule has 1 aliphatic heterocycles. The van der Waals surface area contributed by atoms with Gasteiger partial charge in [-0.05, 0) is 13.8 Å². The van der Waals surface area contributed by atoms with Crippen LogP contribution < -0.4 is 5.32 Å². The van der Waals surface area contributed by atoms with Gasteiger partial charge in [0.05, 0.1) is 12.1 Å². The first-order chi connectivity index (χ1) is 7.41. The van der Waals surface area contributed by atoms with Crippen molar-refractivity contribution in [1.29, 1.82) is 0 Å². The molecule has 0 aliphatic carbocycles. The minimum Gasteiger partial charge on any atom is -0.480 e. The van der Waals surface area contributed by atoms with Gasteiger partial charge in [-0.25, -0.2) is 0 Å². The zero-order valence-electron chi connectivity index (χ0n) is 9.82. The van der Waals surface area contributed by atoms with Crippen molar-refractivity contribution >= 4 is 11.9 Å². The second-order valence-corrected chi connectivity index (χ2v) is 4.32. The molecule has 1 fully saturated rings. The SMILES string of the molecule is COCC(C(=O)O)N1CCNC(=O)C1(C)C. The maximum Gasteiger partial charge on any atom is 0.323 e. The lowest BCUT2D eigenvalue weighted by molar-refractivity contribution is -0.153. The molecule has 1 aliphatic rings. The van der Waals surface area contributed by atoms with E-state index in [-0.39, 0.29) is 12.5 Å². The van der Waals surface area contributed by atoms with Crippen LogP contribution in [0.1, 0.15) is 13.8 Å². The minimum absolute atomic E-state index is 0.0754. The smallest absolute Gasteiger partial charge is 0.323 e. The molecule has 0 radical (unpaired) electrons. The van der Waals surface area contributed by atoms with Crippen LogP contribution in [0, 0.1) is 0 Å². The monoisotopic (exact) mass is 230 g/mol. The molecule has 16 heavy (non-hydrogen) atoms. The Morgan fingerprint density at radius 2 is 2.31 bits per heavy atom. The average Bonchev–Trinajstić information content (AvgIpc) is 2.19. The van der Waals surface area contributed by atoms with Gasteiger partial charge in [-0.2, -0.15) is 0 Å². The average molecular weight is 230 g/mol. The van der Waals surface area contributed by atoms with Crippen molar-refractivity contribution in [1.82, 2.24) is 10.2 Å². The van der Waals surface area contributed by atoms with Crippen LogP contribution in [-0.2, 0) is 14.3 Å². The second kappa shape index (κ2) is 4.80. The molecule has 0 aromatic carbocycles. The fraction of sp³-hybridized carbons (Fsp3) is 0.800. The van der Waals surface area contributed by atoms with Crippen molar-refractivity contribution in [3.05, 3.63) is 0 Å². The number of carboxylic acids is 1. The Morgan fingerprint density at radius 1 is 1.69 bits per heavy atom. The van der Waals surface area contributed by atoms with Crippen molar-refractivity contribution in [2.75, 3.05) is 26.8 Å². The number of nitrogens with zero attached hydrogens (tertiary/aromatic N) is 1. The molecule has 1 unspecified atom stereocenters. The number of methoxy groups -OCH3 is 1. The van der Waals surface area contributed by atoms with Gasteiger partial charge in [-0.3, -0.25) is 14.5 Å². The molecule has 1 saturated heterocycles. The number of carboxylic acid groups (broad SMARTS) is 1. The van der Waals surface area contributed by atoms with Crippen molar-refractivity contribution in [3.63, 3.8) is 0 Å². The highest BCUT2D eigenvalue weighted by Gasteiger charge is 2.43. The number of amides is 1. The molecule has 0 aromatic rings. The molecule has 0 spiro atoms. The number of hydrogen-bond donors (Lipinski definition) is 2. The second-order valence-electron chi connectivity index (χ2n) is 4.32. The maximum absolute atomic E-state index is 11.7. The van der Waals surface area contributed by atoms with Crippen LogP contribution in [0.15, 0.2) is 0 Å². The molecule has 0 saturated carbocycles. The van der Waals surface area contributed by atoms with Crippen LogP contribution in [0.2, 0.25) is 0 Å². The van der Waals surface area contributed by atoms with Gasteiger partial charge in [0.15, 0.2) is 0 Å². The third kappa shape index (κ3) is 2.33. The number of rotatable bonds is 4. The van der Waals surface area contributed by atoms with Crippen LogP contribution in [-0.4, -0.2) is 60.3 Å². The Kier molecular flexibility index (Phi) is 3.88. The number of carbonyl (C=O) groups excluding carboxylic acids is 1. The number of nitrogens with one attached hydrogen (secondary N) is 1. The topological polar surface area (TPSA) is 78.9 Å². The third-order valence-corrected chi connectivity index (χ3v) is 2.90. The minimum atomic E-state index is -0.968. The first kappa shape index (κ1) is 12.9. The van der Waals surface area contributed by atoms with Crippen LogP contribution >= 0.6 is 0 Å². The summed E-state index contributed by atoms with van der Waals surface area (Å²) >= 11 is 0. The van der Waals surface area contributed by atoms with E-state index < -0.39 is 17.6 Å². The molecule has 1 amide bonds. The van der Waals surface area contributed by atoms with Gasteiger partial charge in [0.25, 0.3) is 0 Å². The Morgan fingerprint density at radius 3 is 2.81 bits per heavy atom. The van der Waals surface area contributed by atoms with E-state index in [4.69, 9.17) is 9.84 Å². The highest BCUT2D eigenvalue weighted by Crippen LogP contribution is 2.21. The predicted octanol–water partition coefficient (Wildman–Crippen LogP) is -0.704. The molecule has 6 heteroatoms. The fourth-order valence-corrected chi connectivity index (χ4v) is 1.91. The lowest BCUT2D eigenvalue weighted by atomic mass is 9.96. The zero-order chi connectivity index (χ0) is 12.3. The normalized spacial score (nSPS) is 22.6. The van der Waals surface area contributed by atoms with Crippen molar-refractivity contribution in [2.24, 2.45) is 0 Å². The summed E-state index contributed by atoms with van der Waals surface area (Å²) < 4.78 is 4.89. The molecule has 1 heterocycles. The third-order valence-electron chi connectivity index (χ3n) is 2.90. The van der Waals surface area contributed by atoms with Crippen LogP contribution in [0.4, 0.5) is 0 Å². The van der Waals surface area contributed by atoms with E-state index in [2.05, 4.69) is 5.32 Å². The highest BCUT2D eigenvalue weighted by molar-refractivity contribution is 5.87. The lowest BCUT2D eigenvalue weighted by Crippen LogP contribution is -2.66. The first-order valence-electron chi connectivity index (χ1n) is 5.18. The number of carbonyl (C=O) groups is 2. The summed E-state index contributed by atoms with van der Waals surface area (Å²) in [6.45, 7) is 4.49. The number of hydrogen-bond acceptors (Lipinski definition) is 4. The van der Waals surface area contributed by atoms with Crippen molar-refractivity contribution in [3.8, 4) is 0 Å². The molecule has 92 valence electrons. The van der Waals surface area contributed by atoms with E-state index in [9.17, 15) is 9.59 Å². The van der Waals surface area contributed by atoms with Crippen LogP contribution in [0.5, 0.6) is 0 Å². The summed E-state index contributed by atoms with van der Waals surface area (Å²) in [6, 6.07) is -0.786. The molecule has 6 nitrogen and oxygen atoms in total. The lowest BCUT2D eigenvalue weighted by Gasteiger charge is -2.43. The Bertz CT molecular complexity index is 291. The van der Waals surface area contributed by atoms with E-state index in [0.717, 1.165) is 0 Å². The van der Waals surface area contributed by atoms with Crippen molar-refractivity contribution in [2.45, 2.75) is 25.4 Å².